The number of nitrogens with zero attached hydrogens (tertiary/aromatic N) is 1. The summed E-state index contributed by atoms with van der Waals surface area (Å²) in [6.07, 6.45) is 0. The highest BCUT2D eigenvalue weighted by atomic mass is 35.5. The zero-order chi connectivity index (χ0) is 16.0. The van der Waals surface area contributed by atoms with Gasteiger partial charge in [-0.3, -0.25) is 0 Å². The maximum Gasteiger partial charge on any atom is 0.336 e. The number of hydrogen-bond acceptors (Lipinski definition) is 4. The zero-order valence-corrected chi connectivity index (χ0v) is 13.3. The molecule has 0 spiro atoms. The lowest BCUT2D eigenvalue weighted by Crippen LogP contribution is -2.32. The highest BCUT2D eigenvalue weighted by molar-refractivity contribution is 6.30. The van der Waals surface area contributed by atoms with Crippen molar-refractivity contribution < 1.29 is 9.15 Å². The molecule has 0 bridgehead atoms. The number of halogens is 1. The Kier molecular flexibility index (Phi) is 3.27. The highest BCUT2D eigenvalue weighted by Gasteiger charge is 2.22. The lowest BCUT2D eigenvalue weighted by molar-refractivity contribution is 0.289. The van der Waals surface area contributed by atoms with Crippen molar-refractivity contribution in [2.75, 3.05) is 11.6 Å². The predicted molar refractivity (Wildman–Crippen MR) is 90.4 cm³/mol. The minimum absolute atomic E-state index is 0.341. The normalized spacial score (nSPS) is 13.7. The first-order chi connectivity index (χ1) is 11.1. The number of benzene rings is 2. The van der Waals surface area contributed by atoms with Crippen molar-refractivity contribution in [3.63, 3.8) is 0 Å². The molecule has 1 aliphatic rings. The van der Waals surface area contributed by atoms with Crippen LogP contribution in [0.2, 0.25) is 5.02 Å². The molecule has 1 aliphatic heterocycles. The van der Waals surface area contributed by atoms with Crippen LogP contribution in [-0.2, 0) is 6.54 Å². The summed E-state index contributed by atoms with van der Waals surface area (Å²) < 4.78 is 11.3. The molecule has 3 aromatic rings. The molecule has 0 N–H and O–H groups in total. The van der Waals surface area contributed by atoms with E-state index in [2.05, 4.69) is 4.90 Å². The van der Waals surface area contributed by atoms with E-state index in [0.717, 1.165) is 28.0 Å². The van der Waals surface area contributed by atoms with Crippen molar-refractivity contribution in [3.8, 4) is 5.75 Å². The van der Waals surface area contributed by atoms with Crippen molar-refractivity contribution in [2.45, 2.75) is 13.5 Å². The van der Waals surface area contributed by atoms with Gasteiger partial charge in [-0.25, -0.2) is 4.79 Å². The third-order valence-corrected chi connectivity index (χ3v) is 4.35. The Morgan fingerprint density at radius 2 is 1.91 bits per heavy atom. The number of hydrogen-bond donors (Lipinski definition) is 0. The van der Waals surface area contributed by atoms with E-state index in [1.807, 2.05) is 43.3 Å². The van der Waals surface area contributed by atoms with E-state index in [-0.39, 0.29) is 5.63 Å². The first-order valence-corrected chi connectivity index (χ1v) is 7.69. The lowest BCUT2D eigenvalue weighted by atomic mass is 10.0. The summed E-state index contributed by atoms with van der Waals surface area (Å²) in [6, 6.07) is 13.0. The van der Waals surface area contributed by atoms with Crippen molar-refractivity contribution in [3.05, 3.63) is 69.0 Å². The van der Waals surface area contributed by atoms with E-state index in [1.54, 1.807) is 0 Å². The summed E-state index contributed by atoms with van der Waals surface area (Å²) in [5, 5.41) is 1.63. The third kappa shape index (κ3) is 2.45. The minimum Gasteiger partial charge on any atom is -0.473 e. The van der Waals surface area contributed by atoms with E-state index in [9.17, 15) is 4.79 Å². The summed E-state index contributed by atoms with van der Waals surface area (Å²) in [4.78, 5) is 13.8. The van der Waals surface area contributed by atoms with Gasteiger partial charge >= 0.3 is 5.63 Å². The maximum atomic E-state index is 11.7. The topological polar surface area (TPSA) is 42.7 Å². The predicted octanol–water partition coefficient (Wildman–Crippen LogP) is 4.11. The molecule has 2 heterocycles. The number of ether oxygens (including phenoxy) is 1. The number of aryl methyl sites for hydroxylation is 1. The fourth-order valence-corrected chi connectivity index (χ4v) is 3.03. The van der Waals surface area contributed by atoms with E-state index >= 15 is 0 Å². The number of rotatable bonds is 1. The Morgan fingerprint density at radius 1 is 1.13 bits per heavy atom. The van der Waals surface area contributed by atoms with Gasteiger partial charge in [-0.15, -0.1) is 0 Å². The van der Waals surface area contributed by atoms with E-state index in [0.29, 0.717) is 23.9 Å². The van der Waals surface area contributed by atoms with Crippen molar-refractivity contribution >= 4 is 28.3 Å². The molecule has 116 valence electrons. The molecule has 1 aromatic heterocycles. The molecule has 0 fully saturated rings. The van der Waals surface area contributed by atoms with Crippen LogP contribution < -0.4 is 15.3 Å². The van der Waals surface area contributed by atoms with Crippen molar-refractivity contribution in [1.29, 1.82) is 0 Å². The molecule has 4 rings (SSSR count). The van der Waals surface area contributed by atoms with Gasteiger partial charge in [0.25, 0.3) is 0 Å². The average Bonchev–Trinajstić information content (AvgIpc) is 2.55. The SMILES string of the molecule is Cc1cc(=O)oc2c3c(ccc12)OCN(c1ccc(Cl)cc1)C3. The Hall–Kier alpha value is -2.46. The Labute approximate surface area is 137 Å². The van der Waals surface area contributed by atoms with Gasteiger partial charge in [-0.05, 0) is 48.9 Å². The molecule has 23 heavy (non-hydrogen) atoms. The molecule has 4 nitrogen and oxygen atoms in total. The molecular formula is C18H14ClNO3. The zero-order valence-electron chi connectivity index (χ0n) is 12.5. The van der Waals surface area contributed by atoms with Crippen LogP contribution in [0.1, 0.15) is 11.1 Å². The van der Waals surface area contributed by atoms with Gasteiger partial charge in [0.15, 0.2) is 6.73 Å². The van der Waals surface area contributed by atoms with Crippen molar-refractivity contribution in [1.82, 2.24) is 0 Å². The van der Waals surface area contributed by atoms with Crippen LogP contribution in [0.4, 0.5) is 5.69 Å². The monoisotopic (exact) mass is 327 g/mol. The molecule has 0 aliphatic carbocycles. The van der Waals surface area contributed by atoms with Gasteiger partial charge in [0.05, 0.1) is 12.1 Å². The second kappa shape index (κ2) is 5.32. The second-order valence-corrected chi connectivity index (χ2v) is 6.05. The summed E-state index contributed by atoms with van der Waals surface area (Å²) in [7, 11) is 0. The molecular weight excluding hydrogens is 314 g/mol. The van der Waals surface area contributed by atoms with Crippen LogP contribution in [0.15, 0.2) is 51.7 Å². The van der Waals surface area contributed by atoms with Crippen LogP contribution in [-0.4, -0.2) is 6.73 Å². The standard InChI is InChI=1S/C18H14ClNO3/c1-11-8-17(21)23-18-14(11)6-7-16-15(18)9-20(10-22-16)13-4-2-12(19)3-5-13/h2-8H,9-10H2,1H3. The molecule has 0 unspecified atom stereocenters. The van der Waals surface area contributed by atoms with Gasteiger partial charge in [-0.2, -0.15) is 0 Å². The van der Waals surface area contributed by atoms with Crippen LogP contribution in [0.3, 0.4) is 0 Å². The fraction of sp³-hybridized carbons (Fsp3) is 0.167. The molecule has 2 aromatic carbocycles. The summed E-state index contributed by atoms with van der Waals surface area (Å²) in [5.74, 6) is 0.761. The third-order valence-electron chi connectivity index (χ3n) is 4.10. The van der Waals surface area contributed by atoms with Crippen LogP contribution in [0.5, 0.6) is 5.75 Å². The molecule has 0 atom stereocenters. The molecule has 0 saturated heterocycles. The van der Waals surface area contributed by atoms with E-state index in [4.69, 9.17) is 20.8 Å². The molecule has 0 amide bonds. The van der Waals surface area contributed by atoms with E-state index in [1.165, 1.54) is 6.07 Å². The Balaban J connectivity index is 1.82. The highest BCUT2D eigenvalue weighted by Crippen LogP contribution is 2.34. The largest absolute Gasteiger partial charge is 0.473 e. The lowest BCUT2D eigenvalue weighted by Gasteiger charge is -2.31. The minimum atomic E-state index is -0.341. The van der Waals surface area contributed by atoms with Crippen LogP contribution >= 0.6 is 11.6 Å². The number of anilines is 1. The van der Waals surface area contributed by atoms with Gasteiger partial charge in [0.1, 0.15) is 11.3 Å². The Morgan fingerprint density at radius 3 is 2.70 bits per heavy atom. The van der Waals surface area contributed by atoms with Gasteiger partial charge in [-0.1, -0.05) is 11.6 Å². The van der Waals surface area contributed by atoms with Crippen LogP contribution in [0, 0.1) is 6.92 Å². The number of fused-ring (bicyclic) bond motifs is 3. The van der Waals surface area contributed by atoms with Gasteiger partial charge in [0, 0.05) is 22.2 Å². The van der Waals surface area contributed by atoms with Gasteiger partial charge in [0.2, 0.25) is 0 Å². The van der Waals surface area contributed by atoms with E-state index < -0.39 is 0 Å². The summed E-state index contributed by atoms with van der Waals surface area (Å²) >= 11 is 5.95. The first-order valence-electron chi connectivity index (χ1n) is 7.31. The maximum absolute atomic E-state index is 11.7. The quantitative estimate of drug-likeness (QED) is 0.631. The van der Waals surface area contributed by atoms with Gasteiger partial charge < -0.3 is 14.1 Å². The fourth-order valence-electron chi connectivity index (χ4n) is 2.91. The average molecular weight is 328 g/mol. The molecule has 5 heteroatoms. The molecule has 0 saturated carbocycles. The summed E-state index contributed by atoms with van der Waals surface area (Å²) in [5.41, 5.74) is 3.07. The van der Waals surface area contributed by atoms with Crippen molar-refractivity contribution in [2.24, 2.45) is 0 Å². The summed E-state index contributed by atoms with van der Waals surface area (Å²) in [6.45, 7) is 2.96. The van der Waals surface area contributed by atoms with Crippen LogP contribution in [0.25, 0.3) is 11.0 Å². The smallest absolute Gasteiger partial charge is 0.336 e. The second-order valence-electron chi connectivity index (χ2n) is 5.62. The molecule has 0 radical (unpaired) electrons. The first kappa shape index (κ1) is 14.2. The Bertz CT molecular complexity index is 947.